The lowest BCUT2D eigenvalue weighted by Crippen LogP contribution is -2.28. The second-order valence-corrected chi connectivity index (χ2v) is 8.53. The van der Waals surface area contributed by atoms with Gasteiger partial charge in [0.25, 0.3) is 0 Å². The number of nitrogens with one attached hydrogen (secondary N) is 1. The molecule has 2 aromatic carbocycles. The van der Waals surface area contributed by atoms with E-state index in [1.807, 2.05) is 37.3 Å². The van der Waals surface area contributed by atoms with Crippen molar-refractivity contribution >= 4 is 27.5 Å². The van der Waals surface area contributed by atoms with Gasteiger partial charge in [0.1, 0.15) is 6.61 Å². The highest BCUT2D eigenvalue weighted by Gasteiger charge is 2.15. The summed E-state index contributed by atoms with van der Waals surface area (Å²) in [6.07, 6.45) is 7.95. The van der Waals surface area contributed by atoms with Crippen molar-refractivity contribution in [1.82, 2.24) is 5.32 Å². The molecule has 28 heavy (non-hydrogen) atoms. The molecule has 0 atom stereocenters. The molecule has 0 aliphatic heterocycles. The maximum absolute atomic E-state index is 6.25. The van der Waals surface area contributed by atoms with Gasteiger partial charge in [-0.1, -0.05) is 71.4 Å². The van der Waals surface area contributed by atoms with Gasteiger partial charge in [-0.2, -0.15) is 0 Å². The van der Waals surface area contributed by atoms with Crippen LogP contribution in [-0.4, -0.2) is 12.6 Å². The molecule has 1 N–H and O–H groups in total. The summed E-state index contributed by atoms with van der Waals surface area (Å²) < 4.78 is 12.9. The molecule has 3 rings (SSSR count). The third-order valence-corrected chi connectivity index (χ3v) is 6.30. The number of rotatable bonds is 8. The molecule has 0 unspecified atom stereocenters. The number of ether oxygens (including phenoxy) is 2. The molecule has 0 amide bonds. The van der Waals surface area contributed by atoms with Crippen LogP contribution >= 0.6 is 27.5 Å². The lowest BCUT2D eigenvalue weighted by atomic mass is 10.1. The van der Waals surface area contributed by atoms with E-state index in [0.29, 0.717) is 24.3 Å². The first-order valence-electron chi connectivity index (χ1n) is 10.2. The summed E-state index contributed by atoms with van der Waals surface area (Å²) in [5, 5.41) is 4.44. The molecule has 0 aromatic heterocycles. The van der Waals surface area contributed by atoms with Crippen molar-refractivity contribution in [2.45, 2.75) is 64.6 Å². The van der Waals surface area contributed by atoms with Gasteiger partial charge in [-0.15, -0.1) is 0 Å². The second-order valence-electron chi connectivity index (χ2n) is 7.27. The van der Waals surface area contributed by atoms with E-state index in [0.717, 1.165) is 28.1 Å². The van der Waals surface area contributed by atoms with Crippen LogP contribution in [0.1, 0.15) is 56.6 Å². The van der Waals surface area contributed by atoms with Gasteiger partial charge in [-0.25, -0.2) is 0 Å². The Bertz CT molecular complexity index is 760. The van der Waals surface area contributed by atoms with Gasteiger partial charge in [-0.05, 0) is 43.5 Å². The lowest BCUT2D eigenvalue weighted by molar-refractivity contribution is 0.269. The topological polar surface area (TPSA) is 30.5 Å². The Morgan fingerprint density at radius 3 is 2.43 bits per heavy atom. The summed E-state index contributed by atoms with van der Waals surface area (Å²) in [7, 11) is 0. The number of benzene rings is 2. The van der Waals surface area contributed by atoms with Crippen LogP contribution in [0.3, 0.4) is 0 Å². The summed E-state index contributed by atoms with van der Waals surface area (Å²) in [4.78, 5) is 0. The Morgan fingerprint density at radius 1 is 1.00 bits per heavy atom. The average Bonchev–Trinajstić information content (AvgIpc) is 2.97. The first kappa shape index (κ1) is 21.5. The minimum atomic E-state index is 0.409. The normalized spacial score (nSPS) is 15.2. The fourth-order valence-corrected chi connectivity index (χ4v) is 4.26. The fraction of sp³-hybridized carbons (Fsp3) is 0.478. The molecule has 1 saturated carbocycles. The zero-order valence-corrected chi connectivity index (χ0v) is 18.8. The van der Waals surface area contributed by atoms with E-state index in [4.69, 9.17) is 21.1 Å². The Kier molecular flexibility index (Phi) is 8.50. The molecular formula is C23H29BrClNO2. The van der Waals surface area contributed by atoms with Crippen molar-refractivity contribution in [2.75, 3.05) is 6.61 Å². The molecule has 1 fully saturated rings. The van der Waals surface area contributed by atoms with E-state index in [2.05, 4.69) is 27.3 Å². The molecule has 1 aliphatic carbocycles. The molecular weight excluding hydrogens is 438 g/mol. The van der Waals surface area contributed by atoms with Crippen LogP contribution in [0.25, 0.3) is 0 Å². The standard InChI is InChI=1S/C23H29BrClNO2/c1-2-27-22-13-18(15-26-19-10-5-3-4-6-11-19)20(24)14-23(22)28-16-17-9-7-8-12-21(17)25/h7-9,12-14,19,26H,2-6,10-11,15-16H2,1H3. The summed E-state index contributed by atoms with van der Waals surface area (Å²) >= 11 is 9.96. The Labute approximate surface area is 181 Å². The van der Waals surface area contributed by atoms with Gasteiger partial charge in [-0.3, -0.25) is 0 Å². The van der Waals surface area contributed by atoms with Crippen LogP contribution in [0.2, 0.25) is 5.02 Å². The van der Waals surface area contributed by atoms with Crippen molar-refractivity contribution in [3.8, 4) is 11.5 Å². The predicted octanol–water partition coefficient (Wildman–Crippen LogP) is 6.89. The number of halogens is 2. The molecule has 0 heterocycles. The van der Waals surface area contributed by atoms with Crippen LogP contribution in [0, 0.1) is 0 Å². The van der Waals surface area contributed by atoms with E-state index in [-0.39, 0.29) is 0 Å². The minimum Gasteiger partial charge on any atom is -0.490 e. The largest absolute Gasteiger partial charge is 0.490 e. The Hall–Kier alpha value is -1.23. The van der Waals surface area contributed by atoms with Crippen molar-refractivity contribution < 1.29 is 9.47 Å². The molecule has 5 heteroatoms. The third kappa shape index (κ3) is 6.13. The smallest absolute Gasteiger partial charge is 0.162 e. The summed E-state index contributed by atoms with van der Waals surface area (Å²) in [5.74, 6) is 1.50. The second kappa shape index (κ2) is 11.1. The van der Waals surface area contributed by atoms with Gasteiger partial charge in [0.2, 0.25) is 0 Å². The zero-order valence-electron chi connectivity index (χ0n) is 16.5. The average molecular weight is 467 g/mol. The van der Waals surface area contributed by atoms with Crippen molar-refractivity contribution in [3.63, 3.8) is 0 Å². The van der Waals surface area contributed by atoms with Crippen LogP contribution in [0.15, 0.2) is 40.9 Å². The molecule has 152 valence electrons. The number of hydrogen-bond donors (Lipinski definition) is 1. The van der Waals surface area contributed by atoms with Gasteiger partial charge >= 0.3 is 0 Å². The zero-order chi connectivity index (χ0) is 19.8. The molecule has 3 nitrogen and oxygen atoms in total. The minimum absolute atomic E-state index is 0.409. The van der Waals surface area contributed by atoms with Gasteiger partial charge in [0.15, 0.2) is 11.5 Å². The van der Waals surface area contributed by atoms with Gasteiger partial charge in [0, 0.05) is 27.6 Å². The quantitative estimate of drug-likeness (QED) is 0.429. The van der Waals surface area contributed by atoms with Gasteiger partial charge < -0.3 is 14.8 Å². The van der Waals surface area contributed by atoms with Crippen LogP contribution in [-0.2, 0) is 13.2 Å². The maximum Gasteiger partial charge on any atom is 0.162 e. The lowest BCUT2D eigenvalue weighted by Gasteiger charge is -2.19. The van der Waals surface area contributed by atoms with Crippen molar-refractivity contribution in [1.29, 1.82) is 0 Å². The highest BCUT2D eigenvalue weighted by molar-refractivity contribution is 9.10. The predicted molar refractivity (Wildman–Crippen MR) is 119 cm³/mol. The van der Waals surface area contributed by atoms with E-state index < -0.39 is 0 Å². The highest BCUT2D eigenvalue weighted by atomic mass is 79.9. The monoisotopic (exact) mass is 465 g/mol. The SMILES string of the molecule is CCOc1cc(CNC2CCCCCC2)c(Br)cc1OCc1ccccc1Cl. The van der Waals surface area contributed by atoms with Gasteiger partial charge in [0.05, 0.1) is 6.61 Å². The van der Waals surface area contributed by atoms with E-state index >= 15 is 0 Å². The van der Waals surface area contributed by atoms with Crippen molar-refractivity contribution in [3.05, 3.63) is 57.0 Å². The van der Waals surface area contributed by atoms with E-state index in [9.17, 15) is 0 Å². The van der Waals surface area contributed by atoms with Crippen LogP contribution in [0.4, 0.5) is 0 Å². The summed E-state index contributed by atoms with van der Waals surface area (Å²) in [5.41, 5.74) is 2.15. The van der Waals surface area contributed by atoms with Crippen LogP contribution in [0.5, 0.6) is 11.5 Å². The molecule has 0 saturated heterocycles. The summed E-state index contributed by atoms with van der Waals surface area (Å²) in [6.45, 7) is 3.82. The number of hydrogen-bond acceptors (Lipinski definition) is 3. The molecule has 0 spiro atoms. The maximum atomic E-state index is 6.25. The van der Waals surface area contributed by atoms with Crippen molar-refractivity contribution in [2.24, 2.45) is 0 Å². The molecule has 0 radical (unpaired) electrons. The third-order valence-electron chi connectivity index (χ3n) is 5.19. The molecule has 2 aromatic rings. The Morgan fingerprint density at radius 2 is 1.71 bits per heavy atom. The van der Waals surface area contributed by atoms with E-state index in [1.165, 1.54) is 44.1 Å². The first-order chi connectivity index (χ1) is 13.7. The highest BCUT2D eigenvalue weighted by Crippen LogP contribution is 2.35. The van der Waals surface area contributed by atoms with Crippen LogP contribution < -0.4 is 14.8 Å². The Balaban J connectivity index is 1.69. The molecule has 1 aliphatic rings. The van der Waals surface area contributed by atoms with E-state index in [1.54, 1.807) is 0 Å². The first-order valence-corrected chi connectivity index (χ1v) is 11.4. The summed E-state index contributed by atoms with van der Waals surface area (Å²) in [6, 6.07) is 12.4. The fourth-order valence-electron chi connectivity index (χ4n) is 3.60. The molecule has 0 bridgehead atoms.